The smallest absolute Gasteiger partial charge is 0.243 e. The molecular formula is C25H29N5O3S. The molecule has 178 valence electrons. The molecule has 1 atom stereocenters. The molecule has 0 spiro atoms. The number of carbonyl (C=O) groups is 1. The van der Waals surface area contributed by atoms with Crippen LogP contribution in [0.25, 0.3) is 11.4 Å². The lowest BCUT2D eigenvalue weighted by Crippen LogP contribution is -2.51. The van der Waals surface area contributed by atoms with Crippen LogP contribution in [0.15, 0.2) is 48.5 Å². The number of aromatic nitrogens is 3. The second-order valence-electron chi connectivity index (χ2n) is 8.90. The summed E-state index contributed by atoms with van der Waals surface area (Å²) in [6.07, 6.45) is 4.76. The minimum Gasteiger partial charge on any atom is -0.325 e. The van der Waals surface area contributed by atoms with E-state index in [-0.39, 0.29) is 18.2 Å². The van der Waals surface area contributed by atoms with E-state index in [1.807, 2.05) is 48.5 Å². The van der Waals surface area contributed by atoms with Gasteiger partial charge in [-0.25, -0.2) is 8.42 Å². The molecule has 0 radical (unpaired) electrons. The Morgan fingerprint density at radius 2 is 1.79 bits per heavy atom. The number of hydrogen-bond acceptors (Lipinski definition) is 5. The summed E-state index contributed by atoms with van der Waals surface area (Å²) < 4.78 is 29.1. The van der Waals surface area contributed by atoms with Crippen molar-refractivity contribution in [2.45, 2.75) is 58.2 Å². The third-order valence-electron chi connectivity index (χ3n) is 6.75. The quantitative estimate of drug-likeness (QED) is 0.605. The zero-order valence-electron chi connectivity index (χ0n) is 19.3. The molecule has 2 aromatic carbocycles. The SMILES string of the molecule is CCS(=O)(=O)N1Cc2ccccc2CC1C(=O)Nc1ccc(-c2nnc3n2CCCCC3)cc1. The van der Waals surface area contributed by atoms with Crippen LogP contribution in [0.3, 0.4) is 0 Å². The molecule has 2 aliphatic rings. The summed E-state index contributed by atoms with van der Waals surface area (Å²) in [5, 5.41) is 11.7. The van der Waals surface area contributed by atoms with Gasteiger partial charge < -0.3 is 9.88 Å². The fourth-order valence-electron chi connectivity index (χ4n) is 4.81. The minimum atomic E-state index is -3.54. The van der Waals surface area contributed by atoms with Crippen molar-refractivity contribution in [3.8, 4) is 11.4 Å². The number of anilines is 1. The van der Waals surface area contributed by atoms with Crippen molar-refractivity contribution in [1.82, 2.24) is 19.1 Å². The zero-order chi connectivity index (χ0) is 23.7. The Labute approximate surface area is 200 Å². The lowest BCUT2D eigenvalue weighted by Gasteiger charge is -2.34. The number of hydrogen-bond donors (Lipinski definition) is 1. The first kappa shape index (κ1) is 22.7. The lowest BCUT2D eigenvalue weighted by atomic mass is 9.95. The summed E-state index contributed by atoms with van der Waals surface area (Å²) >= 11 is 0. The van der Waals surface area contributed by atoms with Crippen molar-refractivity contribution in [2.75, 3.05) is 11.1 Å². The van der Waals surface area contributed by atoms with Crippen molar-refractivity contribution in [1.29, 1.82) is 0 Å². The number of benzene rings is 2. The minimum absolute atomic E-state index is 0.0453. The lowest BCUT2D eigenvalue weighted by molar-refractivity contribution is -0.120. The Bertz CT molecular complexity index is 1300. The number of fused-ring (bicyclic) bond motifs is 2. The Balaban J connectivity index is 1.36. The van der Waals surface area contributed by atoms with Gasteiger partial charge in [-0.1, -0.05) is 30.7 Å². The van der Waals surface area contributed by atoms with Crippen LogP contribution in [0.5, 0.6) is 0 Å². The van der Waals surface area contributed by atoms with Gasteiger partial charge in [0.25, 0.3) is 0 Å². The largest absolute Gasteiger partial charge is 0.325 e. The molecule has 8 nitrogen and oxygen atoms in total. The van der Waals surface area contributed by atoms with E-state index in [1.54, 1.807) is 6.92 Å². The molecule has 1 N–H and O–H groups in total. The first-order valence-corrected chi connectivity index (χ1v) is 13.5. The third kappa shape index (κ3) is 4.37. The van der Waals surface area contributed by atoms with Crippen LogP contribution in [0.2, 0.25) is 0 Å². The van der Waals surface area contributed by atoms with Crippen LogP contribution >= 0.6 is 0 Å². The van der Waals surface area contributed by atoms with E-state index in [9.17, 15) is 13.2 Å². The van der Waals surface area contributed by atoms with Crippen LogP contribution in [-0.2, 0) is 40.7 Å². The monoisotopic (exact) mass is 479 g/mol. The van der Waals surface area contributed by atoms with E-state index in [1.165, 1.54) is 10.7 Å². The number of nitrogens with one attached hydrogen (secondary N) is 1. The number of aryl methyl sites for hydroxylation is 1. The molecule has 34 heavy (non-hydrogen) atoms. The summed E-state index contributed by atoms with van der Waals surface area (Å²) in [7, 11) is -3.54. The molecular weight excluding hydrogens is 450 g/mol. The number of carbonyl (C=O) groups excluding carboxylic acids is 1. The van der Waals surface area contributed by atoms with Gasteiger partial charge in [0.1, 0.15) is 11.9 Å². The molecule has 0 saturated carbocycles. The Hall–Kier alpha value is -3.04. The van der Waals surface area contributed by atoms with E-state index in [0.717, 1.165) is 54.1 Å². The molecule has 3 aromatic rings. The van der Waals surface area contributed by atoms with E-state index >= 15 is 0 Å². The molecule has 9 heteroatoms. The summed E-state index contributed by atoms with van der Waals surface area (Å²) in [6.45, 7) is 2.73. The highest BCUT2D eigenvalue weighted by Crippen LogP contribution is 2.28. The molecule has 3 heterocycles. The van der Waals surface area contributed by atoms with Crippen LogP contribution in [0, 0.1) is 0 Å². The summed E-state index contributed by atoms with van der Waals surface area (Å²) in [4.78, 5) is 13.2. The molecule has 2 aliphatic heterocycles. The maximum absolute atomic E-state index is 13.2. The van der Waals surface area contributed by atoms with Gasteiger partial charge in [0.2, 0.25) is 15.9 Å². The number of sulfonamides is 1. The van der Waals surface area contributed by atoms with Crippen molar-refractivity contribution >= 4 is 21.6 Å². The Morgan fingerprint density at radius 3 is 2.56 bits per heavy atom. The molecule has 0 bridgehead atoms. The molecule has 0 fully saturated rings. The van der Waals surface area contributed by atoms with Gasteiger partial charge in [-0.3, -0.25) is 4.79 Å². The second kappa shape index (κ2) is 9.31. The van der Waals surface area contributed by atoms with E-state index in [2.05, 4.69) is 20.1 Å². The van der Waals surface area contributed by atoms with Crippen LogP contribution in [-0.4, -0.2) is 45.2 Å². The third-order valence-corrected chi connectivity index (χ3v) is 8.58. The van der Waals surface area contributed by atoms with Gasteiger partial charge in [0.15, 0.2) is 5.82 Å². The fraction of sp³-hybridized carbons (Fsp3) is 0.400. The normalized spacial score (nSPS) is 18.6. The maximum Gasteiger partial charge on any atom is 0.243 e. The number of nitrogens with zero attached hydrogens (tertiary/aromatic N) is 4. The van der Waals surface area contributed by atoms with Crippen LogP contribution in [0.1, 0.15) is 43.1 Å². The standard InChI is InChI=1S/C25H29N5O3S/c1-2-34(32,33)30-17-20-9-6-5-8-19(20)16-22(30)25(31)26-21-13-11-18(12-14-21)24-28-27-23-10-4-3-7-15-29(23)24/h5-6,8-9,11-14,22H,2-4,7,10,15-17H2,1H3,(H,26,31). The van der Waals surface area contributed by atoms with Crippen molar-refractivity contribution < 1.29 is 13.2 Å². The summed E-state index contributed by atoms with van der Waals surface area (Å²) in [5.41, 5.74) is 3.52. The first-order valence-electron chi connectivity index (χ1n) is 11.9. The van der Waals surface area contributed by atoms with E-state index in [4.69, 9.17) is 0 Å². The highest BCUT2D eigenvalue weighted by molar-refractivity contribution is 7.89. The molecule has 1 aromatic heterocycles. The Morgan fingerprint density at radius 1 is 1.03 bits per heavy atom. The van der Waals surface area contributed by atoms with Crippen molar-refractivity contribution in [2.24, 2.45) is 0 Å². The van der Waals surface area contributed by atoms with Gasteiger partial charge in [-0.05, 0) is 61.6 Å². The highest BCUT2D eigenvalue weighted by Gasteiger charge is 2.38. The molecule has 1 amide bonds. The average molecular weight is 480 g/mol. The Kier molecular flexibility index (Phi) is 6.22. The first-order chi connectivity index (χ1) is 16.5. The van der Waals surface area contributed by atoms with E-state index in [0.29, 0.717) is 12.1 Å². The van der Waals surface area contributed by atoms with E-state index < -0.39 is 16.1 Å². The van der Waals surface area contributed by atoms with Crippen molar-refractivity contribution in [3.63, 3.8) is 0 Å². The number of rotatable bonds is 5. The molecule has 1 unspecified atom stereocenters. The van der Waals surface area contributed by atoms with Gasteiger partial charge in [0.05, 0.1) is 5.75 Å². The number of amides is 1. The van der Waals surface area contributed by atoms with Crippen molar-refractivity contribution in [3.05, 3.63) is 65.5 Å². The average Bonchev–Trinajstić information content (AvgIpc) is 3.11. The molecule has 5 rings (SSSR count). The summed E-state index contributed by atoms with van der Waals surface area (Å²) in [6, 6.07) is 14.4. The second-order valence-corrected chi connectivity index (χ2v) is 11.1. The summed E-state index contributed by atoms with van der Waals surface area (Å²) in [5.74, 6) is 1.50. The predicted octanol–water partition coefficient (Wildman–Crippen LogP) is 3.39. The van der Waals surface area contributed by atoms with Crippen LogP contribution in [0.4, 0.5) is 5.69 Å². The zero-order valence-corrected chi connectivity index (χ0v) is 20.1. The topological polar surface area (TPSA) is 97.2 Å². The molecule has 0 aliphatic carbocycles. The highest BCUT2D eigenvalue weighted by atomic mass is 32.2. The van der Waals surface area contributed by atoms with Crippen LogP contribution < -0.4 is 5.32 Å². The van der Waals surface area contributed by atoms with Gasteiger partial charge in [-0.2, -0.15) is 4.31 Å². The maximum atomic E-state index is 13.2. The van der Waals surface area contributed by atoms with Gasteiger partial charge >= 0.3 is 0 Å². The predicted molar refractivity (Wildman–Crippen MR) is 131 cm³/mol. The fourth-order valence-corrected chi connectivity index (χ4v) is 6.03. The van der Waals surface area contributed by atoms with Gasteiger partial charge in [0, 0.05) is 30.8 Å². The van der Waals surface area contributed by atoms with Gasteiger partial charge in [-0.15, -0.1) is 10.2 Å². The molecule has 0 saturated heterocycles.